The molecule has 0 spiro atoms. The summed E-state index contributed by atoms with van der Waals surface area (Å²) in [5.41, 5.74) is 4.46. The van der Waals surface area contributed by atoms with Gasteiger partial charge >= 0.3 is 0 Å². The molecule has 6 heteroatoms. The summed E-state index contributed by atoms with van der Waals surface area (Å²) in [6.45, 7) is 0. The van der Waals surface area contributed by atoms with Gasteiger partial charge in [-0.1, -0.05) is 36.0 Å². The number of hydrogen-bond acceptors (Lipinski definition) is 6. The summed E-state index contributed by atoms with van der Waals surface area (Å²) in [5.74, 6) is 6.76. The summed E-state index contributed by atoms with van der Waals surface area (Å²) >= 11 is 1.64. The summed E-state index contributed by atoms with van der Waals surface area (Å²) in [4.78, 5) is 13.0. The maximum Gasteiger partial charge on any atom is 0.140 e. The van der Waals surface area contributed by atoms with Gasteiger partial charge in [-0.05, 0) is 18.2 Å². The van der Waals surface area contributed by atoms with Crippen molar-refractivity contribution in [3.05, 3.63) is 54.5 Å². The number of aromatic nitrogens is 3. The molecule has 20 heavy (non-hydrogen) atoms. The average Bonchev–Trinajstić information content (AvgIpc) is 2.53. The predicted octanol–water partition coefficient (Wildman–Crippen LogP) is 2.60. The van der Waals surface area contributed by atoms with E-state index in [-0.39, 0.29) is 0 Å². The van der Waals surface area contributed by atoms with E-state index in [1.54, 1.807) is 18.1 Å². The van der Waals surface area contributed by atoms with Crippen LogP contribution < -0.4 is 11.3 Å². The third-order valence-corrected chi connectivity index (χ3v) is 3.86. The van der Waals surface area contributed by atoms with Crippen LogP contribution in [0.5, 0.6) is 0 Å². The lowest BCUT2D eigenvalue weighted by Gasteiger charge is -2.05. The maximum absolute atomic E-state index is 5.36. The Balaban J connectivity index is 1.83. The van der Waals surface area contributed by atoms with Crippen LogP contribution in [0.3, 0.4) is 0 Å². The van der Waals surface area contributed by atoms with Crippen molar-refractivity contribution < 1.29 is 0 Å². The molecular formula is C14H13N5S. The lowest BCUT2D eigenvalue weighted by molar-refractivity contribution is 1.09. The maximum atomic E-state index is 5.36. The molecule has 0 radical (unpaired) electrons. The topological polar surface area (TPSA) is 76.7 Å². The summed E-state index contributed by atoms with van der Waals surface area (Å²) in [6, 6.07) is 13.7. The second kappa shape index (κ2) is 5.85. The number of para-hydroxylation sites is 1. The summed E-state index contributed by atoms with van der Waals surface area (Å²) in [5, 5.41) is 2.02. The largest absolute Gasteiger partial charge is 0.308 e. The van der Waals surface area contributed by atoms with Gasteiger partial charge in [-0.3, -0.25) is 0 Å². The van der Waals surface area contributed by atoms with Crippen LogP contribution in [0.2, 0.25) is 0 Å². The minimum Gasteiger partial charge on any atom is -0.308 e. The molecule has 2 aromatic heterocycles. The lowest BCUT2D eigenvalue weighted by atomic mass is 10.2. The third-order valence-electron chi connectivity index (χ3n) is 2.82. The Kier molecular flexibility index (Phi) is 3.76. The molecule has 0 saturated heterocycles. The first-order valence-electron chi connectivity index (χ1n) is 6.12. The molecule has 5 nitrogen and oxygen atoms in total. The molecule has 0 bridgehead atoms. The molecule has 0 aliphatic carbocycles. The van der Waals surface area contributed by atoms with Crippen LogP contribution in [0.25, 0.3) is 10.9 Å². The molecule has 0 unspecified atom stereocenters. The number of fused-ring (bicyclic) bond motifs is 1. The molecule has 1 aromatic carbocycles. The standard InChI is InChI=1S/C14H13N5S/c15-19-13-7-3-4-10(18-13)8-20-14-11-5-1-2-6-12(11)16-9-17-14/h1-7,9H,8,15H2,(H,18,19). The van der Waals surface area contributed by atoms with E-state index in [2.05, 4.69) is 20.4 Å². The zero-order valence-corrected chi connectivity index (χ0v) is 11.5. The van der Waals surface area contributed by atoms with Crippen molar-refractivity contribution in [2.24, 2.45) is 5.84 Å². The highest BCUT2D eigenvalue weighted by Gasteiger charge is 2.05. The van der Waals surface area contributed by atoms with E-state index < -0.39 is 0 Å². The molecule has 0 fully saturated rings. The molecule has 0 aliphatic heterocycles. The number of benzene rings is 1. The smallest absolute Gasteiger partial charge is 0.140 e. The van der Waals surface area contributed by atoms with Crippen LogP contribution in [-0.2, 0) is 5.75 Å². The number of pyridine rings is 1. The van der Waals surface area contributed by atoms with Crippen LogP contribution in [0.4, 0.5) is 5.82 Å². The minimum atomic E-state index is 0.663. The van der Waals surface area contributed by atoms with Crippen molar-refractivity contribution in [2.75, 3.05) is 5.43 Å². The van der Waals surface area contributed by atoms with Crippen molar-refractivity contribution >= 4 is 28.5 Å². The molecule has 3 rings (SSSR count). The Bertz CT molecular complexity index is 726. The van der Waals surface area contributed by atoms with E-state index in [0.717, 1.165) is 27.4 Å². The second-order valence-electron chi connectivity index (χ2n) is 4.14. The van der Waals surface area contributed by atoms with Gasteiger partial charge in [-0.15, -0.1) is 0 Å². The highest BCUT2D eigenvalue weighted by Crippen LogP contribution is 2.26. The fourth-order valence-electron chi connectivity index (χ4n) is 1.88. The zero-order valence-electron chi connectivity index (χ0n) is 10.7. The molecule has 0 amide bonds. The number of nitrogens with two attached hydrogens (primary N) is 1. The predicted molar refractivity (Wildman–Crippen MR) is 81.1 cm³/mol. The van der Waals surface area contributed by atoms with Gasteiger partial charge in [0.25, 0.3) is 0 Å². The summed E-state index contributed by atoms with van der Waals surface area (Å²) < 4.78 is 0. The SMILES string of the molecule is NNc1cccc(CSc2ncnc3ccccc23)n1. The number of nitrogens with zero attached hydrogens (tertiary/aromatic N) is 3. The van der Waals surface area contributed by atoms with Crippen LogP contribution >= 0.6 is 11.8 Å². The van der Waals surface area contributed by atoms with Crippen LogP contribution in [0.1, 0.15) is 5.69 Å². The summed E-state index contributed by atoms with van der Waals surface area (Å²) in [7, 11) is 0. The van der Waals surface area contributed by atoms with Gasteiger partial charge in [-0.2, -0.15) is 0 Å². The van der Waals surface area contributed by atoms with E-state index in [1.165, 1.54) is 0 Å². The van der Waals surface area contributed by atoms with Gasteiger partial charge in [0, 0.05) is 11.1 Å². The van der Waals surface area contributed by atoms with Gasteiger partial charge < -0.3 is 5.43 Å². The molecule has 0 atom stereocenters. The van der Waals surface area contributed by atoms with E-state index in [9.17, 15) is 0 Å². The Morgan fingerprint density at radius 2 is 1.95 bits per heavy atom. The highest BCUT2D eigenvalue weighted by molar-refractivity contribution is 7.98. The minimum absolute atomic E-state index is 0.663. The van der Waals surface area contributed by atoms with Crippen molar-refractivity contribution in [3.63, 3.8) is 0 Å². The van der Waals surface area contributed by atoms with Crippen molar-refractivity contribution in [1.29, 1.82) is 0 Å². The van der Waals surface area contributed by atoms with Crippen molar-refractivity contribution in [3.8, 4) is 0 Å². The number of nitrogen functional groups attached to an aromatic ring is 1. The zero-order chi connectivity index (χ0) is 13.8. The fraction of sp³-hybridized carbons (Fsp3) is 0.0714. The first-order valence-corrected chi connectivity index (χ1v) is 7.10. The molecule has 2 heterocycles. The number of rotatable bonds is 4. The Hall–Kier alpha value is -2.18. The molecule has 3 N–H and O–H groups in total. The molecule has 0 aliphatic rings. The molecule has 3 aromatic rings. The third kappa shape index (κ3) is 2.71. The van der Waals surface area contributed by atoms with E-state index in [0.29, 0.717) is 5.82 Å². The van der Waals surface area contributed by atoms with Gasteiger partial charge in [0.1, 0.15) is 17.2 Å². The quantitative estimate of drug-likeness (QED) is 0.332. The summed E-state index contributed by atoms with van der Waals surface area (Å²) in [6.07, 6.45) is 1.59. The molecule has 0 saturated carbocycles. The van der Waals surface area contributed by atoms with Crippen LogP contribution in [0.15, 0.2) is 53.8 Å². The van der Waals surface area contributed by atoms with Gasteiger partial charge in [0.2, 0.25) is 0 Å². The number of anilines is 1. The number of hydrazine groups is 1. The van der Waals surface area contributed by atoms with Crippen molar-refractivity contribution in [2.45, 2.75) is 10.8 Å². The molecule has 100 valence electrons. The Labute approximate surface area is 120 Å². The van der Waals surface area contributed by atoms with E-state index in [4.69, 9.17) is 5.84 Å². The monoisotopic (exact) mass is 283 g/mol. The first-order chi connectivity index (χ1) is 9.86. The normalized spacial score (nSPS) is 10.7. The molecular weight excluding hydrogens is 270 g/mol. The van der Waals surface area contributed by atoms with Crippen LogP contribution in [0, 0.1) is 0 Å². The number of hydrogen-bond donors (Lipinski definition) is 2. The lowest BCUT2D eigenvalue weighted by Crippen LogP contribution is -2.08. The average molecular weight is 283 g/mol. The van der Waals surface area contributed by atoms with Crippen molar-refractivity contribution in [1.82, 2.24) is 15.0 Å². The van der Waals surface area contributed by atoms with Gasteiger partial charge in [0.15, 0.2) is 0 Å². The van der Waals surface area contributed by atoms with Crippen LogP contribution in [-0.4, -0.2) is 15.0 Å². The van der Waals surface area contributed by atoms with Gasteiger partial charge in [-0.25, -0.2) is 20.8 Å². The number of thioether (sulfide) groups is 1. The highest BCUT2D eigenvalue weighted by atomic mass is 32.2. The second-order valence-corrected chi connectivity index (χ2v) is 5.11. The number of nitrogens with one attached hydrogen (secondary N) is 1. The first kappa shape index (κ1) is 12.8. The Morgan fingerprint density at radius 1 is 1.05 bits per heavy atom. The van der Waals surface area contributed by atoms with Gasteiger partial charge in [0.05, 0.1) is 11.2 Å². The van der Waals surface area contributed by atoms with E-state index >= 15 is 0 Å². The Morgan fingerprint density at radius 3 is 2.85 bits per heavy atom. The fourth-order valence-corrected chi connectivity index (χ4v) is 2.77. The van der Waals surface area contributed by atoms with E-state index in [1.807, 2.05) is 42.5 Å².